The van der Waals surface area contributed by atoms with Crippen molar-refractivity contribution in [2.75, 3.05) is 14.2 Å². The standard InChI is InChI=1S/C27H28N4O7/c1-15-11-20(33)25(35)26(38-15)18(17-9-10-19(32)21(12-17)37-3)13-23(34)29-24(16-7-5-4-6-8-16)27-28-22(14-36-2)30-31-27/h4-12,18,24,32,35H,13-14H2,1-3H3,(H,29,34)(H,28,30,31)/t18-,24+/m1/s1. The number of benzene rings is 2. The van der Waals surface area contributed by atoms with Crippen molar-refractivity contribution >= 4 is 5.91 Å². The number of phenolic OH excluding ortho intramolecular Hbond substituents is 1. The van der Waals surface area contributed by atoms with Crippen molar-refractivity contribution in [3.05, 3.63) is 99.1 Å². The molecule has 2 heterocycles. The Balaban J connectivity index is 1.71. The lowest BCUT2D eigenvalue weighted by molar-refractivity contribution is -0.122. The number of hydrogen-bond acceptors (Lipinski definition) is 9. The summed E-state index contributed by atoms with van der Waals surface area (Å²) in [5, 5.41) is 30.7. The maximum atomic E-state index is 13.5. The van der Waals surface area contributed by atoms with Gasteiger partial charge in [0.15, 0.2) is 28.9 Å². The number of aromatic amines is 1. The molecule has 4 rings (SSSR count). The Morgan fingerprint density at radius 3 is 2.58 bits per heavy atom. The highest BCUT2D eigenvalue weighted by Crippen LogP contribution is 2.37. The number of H-pyrrole nitrogens is 1. The number of nitrogens with one attached hydrogen (secondary N) is 2. The van der Waals surface area contributed by atoms with Gasteiger partial charge in [-0.15, -0.1) is 0 Å². The zero-order valence-electron chi connectivity index (χ0n) is 21.1. The number of phenols is 1. The third kappa shape index (κ3) is 5.84. The highest BCUT2D eigenvalue weighted by Gasteiger charge is 2.29. The minimum absolute atomic E-state index is 0.0746. The van der Waals surface area contributed by atoms with Gasteiger partial charge in [0.25, 0.3) is 0 Å². The van der Waals surface area contributed by atoms with Crippen molar-refractivity contribution in [1.29, 1.82) is 0 Å². The van der Waals surface area contributed by atoms with Gasteiger partial charge in [0.05, 0.1) is 13.0 Å². The molecule has 0 radical (unpaired) electrons. The van der Waals surface area contributed by atoms with E-state index in [9.17, 15) is 19.8 Å². The molecule has 0 fully saturated rings. The van der Waals surface area contributed by atoms with Crippen LogP contribution in [0.1, 0.15) is 52.7 Å². The Bertz CT molecular complexity index is 1470. The quantitative estimate of drug-likeness (QED) is 0.246. The highest BCUT2D eigenvalue weighted by atomic mass is 16.5. The first-order chi connectivity index (χ1) is 18.3. The molecule has 11 nitrogen and oxygen atoms in total. The molecule has 38 heavy (non-hydrogen) atoms. The number of nitrogens with zero attached hydrogens (tertiary/aromatic N) is 2. The second kappa shape index (κ2) is 11.6. The normalized spacial score (nSPS) is 12.6. The molecule has 0 saturated heterocycles. The van der Waals surface area contributed by atoms with Gasteiger partial charge in [0, 0.05) is 19.6 Å². The molecule has 0 bridgehead atoms. The molecule has 2 aromatic heterocycles. The first-order valence-corrected chi connectivity index (χ1v) is 11.8. The fraction of sp³-hybridized carbons (Fsp3) is 0.259. The predicted molar refractivity (Wildman–Crippen MR) is 136 cm³/mol. The van der Waals surface area contributed by atoms with E-state index in [1.54, 1.807) is 13.0 Å². The molecule has 1 amide bonds. The molecule has 11 heteroatoms. The Morgan fingerprint density at radius 1 is 1.11 bits per heavy atom. The lowest BCUT2D eigenvalue weighted by Gasteiger charge is -2.21. The number of ether oxygens (including phenoxy) is 2. The average molecular weight is 521 g/mol. The SMILES string of the molecule is COCc1nc([C@@H](NC(=O)C[C@H](c2ccc(O)c(OC)c2)c2oc(C)cc(=O)c2O)c2ccccc2)n[nH]1. The van der Waals surface area contributed by atoms with E-state index in [-0.39, 0.29) is 36.0 Å². The van der Waals surface area contributed by atoms with Crippen LogP contribution in [0.2, 0.25) is 0 Å². The zero-order valence-corrected chi connectivity index (χ0v) is 21.1. The number of amides is 1. The van der Waals surface area contributed by atoms with Gasteiger partial charge < -0.3 is 29.4 Å². The average Bonchev–Trinajstić information content (AvgIpc) is 3.37. The molecule has 0 aliphatic carbocycles. The van der Waals surface area contributed by atoms with Crippen LogP contribution in [0, 0.1) is 6.92 Å². The molecule has 2 atom stereocenters. The first kappa shape index (κ1) is 26.4. The molecule has 0 aliphatic rings. The Morgan fingerprint density at radius 2 is 1.87 bits per heavy atom. The highest BCUT2D eigenvalue weighted by molar-refractivity contribution is 5.78. The fourth-order valence-electron chi connectivity index (χ4n) is 4.12. The van der Waals surface area contributed by atoms with Gasteiger partial charge in [-0.1, -0.05) is 36.4 Å². The Hall–Kier alpha value is -4.64. The second-order valence-electron chi connectivity index (χ2n) is 8.61. The molecule has 4 aromatic rings. The van der Waals surface area contributed by atoms with Gasteiger partial charge in [-0.2, -0.15) is 5.10 Å². The number of aromatic hydroxyl groups is 2. The van der Waals surface area contributed by atoms with E-state index in [0.29, 0.717) is 17.2 Å². The van der Waals surface area contributed by atoms with Crippen LogP contribution in [0.25, 0.3) is 0 Å². The number of carbonyl (C=O) groups excluding carboxylic acids is 1. The number of aryl methyl sites for hydroxylation is 1. The van der Waals surface area contributed by atoms with Crippen LogP contribution in [-0.2, 0) is 16.1 Å². The summed E-state index contributed by atoms with van der Waals surface area (Å²) in [7, 11) is 2.93. The summed E-state index contributed by atoms with van der Waals surface area (Å²) in [6.45, 7) is 1.80. The van der Waals surface area contributed by atoms with Crippen molar-refractivity contribution in [1.82, 2.24) is 20.5 Å². The summed E-state index contributed by atoms with van der Waals surface area (Å²) in [6, 6.07) is 14.2. The zero-order chi connectivity index (χ0) is 27.2. The second-order valence-corrected chi connectivity index (χ2v) is 8.61. The van der Waals surface area contributed by atoms with Crippen LogP contribution in [0.3, 0.4) is 0 Å². The van der Waals surface area contributed by atoms with Crippen molar-refractivity contribution < 1.29 is 28.9 Å². The monoisotopic (exact) mass is 520 g/mol. The van der Waals surface area contributed by atoms with E-state index in [4.69, 9.17) is 13.9 Å². The minimum Gasteiger partial charge on any atom is -0.504 e. The summed E-state index contributed by atoms with van der Waals surface area (Å²) in [6.07, 6.45) is -0.216. The third-order valence-corrected chi connectivity index (χ3v) is 5.91. The number of methoxy groups -OCH3 is 2. The topological polar surface area (TPSA) is 160 Å². The number of hydrogen-bond donors (Lipinski definition) is 4. The predicted octanol–water partition coefficient (Wildman–Crippen LogP) is 3.06. The maximum Gasteiger partial charge on any atom is 0.227 e. The molecular weight excluding hydrogens is 492 g/mol. The van der Waals surface area contributed by atoms with Crippen molar-refractivity contribution in [3.8, 4) is 17.2 Å². The van der Waals surface area contributed by atoms with Gasteiger partial charge in [-0.3, -0.25) is 14.7 Å². The van der Waals surface area contributed by atoms with Crippen molar-refractivity contribution in [3.63, 3.8) is 0 Å². The van der Waals surface area contributed by atoms with Crippen molar-refractivity contribution in [2.45, 2.75) is 31.9 Å². The molecule has 0 spiro atoms. The fourth-order valence-corrected chi connectivity index (χ4v) is 4.12. The molecule has 2 aromatic carbocycles. The van der Waals surface area contributed by atoms with E-state index in [2.05, 4.69) is 20.5 Å². The van der Waals surface area contributed by atoms with Gasteiger partial charge in [0.1, 0.15) is 18.4 Å². The van der Waals surface area contributed by atoms with Gasteiger partial charge in [-0.05, 0) is 30.2 Å². The smallest absolute Gasteiger partial charge is 0.227 e. The lowest BCUT2D eigenvalue weighted by atomic mass is 9.91. The third-order valence-electron chi connectivity index (χ3n) is 5.91. The summed E-state index contributed by atoms with van der Waals surface area (Å²) < 4.78 is 16.1. The van der Waals surface area contributed by atoms with Crippen molar-refractivity contribution in [2.24, 2.45) is 0 Å². The van der Waals surface area contributed by atoms with Crippen LogP contribution in [0.4, 0.5) is 0 Å². The summed E-state index contributed by atoms with van der Waals surface area (Å²) in [5.41, 5.74) is 0.598. The molecule has 0 unspecified atom stereocenters. The van der Waals surface area contributed by atoms with E-state index in [1.165, 1.54) is 32.4 Å². The van der Waals surface area contributed by atoms with Crippen LogP contribution in [0.5, 0.6) is 17.2 Å². The molecule has 198 valence electrons. The maximum absolute atomic E-state index is 13.5. The number of rotatable bonds is 10. The summed E-state index contributed by atoms with van der Waals surface area (Å²) in [4.78, 5) is 30.3. The van der Waals surface area contributed by atoms with Crippen LogP contribution in [-0.4, -0.2) is 45.5 Å². The van der Waals surface area contributed by atoms with E-state index in [1.807, 2.05) is 30.3 Å². The largest absolute Gasteiger partial charge is 0.504 e. The molecule has 4 N–H and O–H groups in total. The lowest BCUT2D eigenvalue weighted by Crippen LogP contribution is -2.31. The van der Waals surface area contributed by atoms with Gasteiger partial charge >= 0.3 is 0 Å². The number of aromatic nitrogens is 3. The van der Waals surface area contributed by atoms with Gasteiger partial charge in [0.2, 0.25) is 17.1 Å². The molecule has 0 saturated carbocycles. The summed E-state index contributed by atoms with van der Waals surface area (Å²) in [5.74, 6) is -0.823. The Labute approximate surface area is 218 Å². The van der Waals surface area contributed by atoms with E-state index < -0.39 is 29.0 Å². The summed E-state index contributed by atoms with van der Waals surface area (Å²) >= 11 is 0. The van der Waals surface area contributed by atoms with Crippen LogP contribution < -0.4 is 15.5 Å². The molecular formula is C27H28N4O7. The van der Waals surface area contributed by atoms with E-state index >= 15 is 0 Å². The van der Waals surface area contributed by atoms with Crippen LogP contribution >= 0.6 is 0 Å². The minimum atomic E-state index is -0.885. The van der Waals surface area contributed by atoms with E-state index in [0.717, 1.165) is 5.56 Å². The van der Waals surface area contributed by atoms with Crippen LogP contribution in [0.15, 0.2) is 63.8 Å². The number of carbonyl (C=O) groups is 1. The van der Waals surface area contributed by atoms with Gasteiger partial charge in [-0.25, -0.2) is 4.98 Å². The first-order valence-electron chi connectivity index (χ1n) is 11.8. The Kier molecular flexibility index (Phi) is 8.07. The molecule has 0 aliphatic heterocycles.